The Morgan fingerprint density at radius 1 is 1.22 bits per heavy atom. The van der Waals surface area contributed by atoms with Gasteiger partial charge >= 0.3 is 0 Å². The molecule has 1 N–H and O–H groups in total. The molecule has 0 unspecified atom stereocenters. The Hall–Kier alpha value is -1.16. The highest BCUT2D eigenvalue weighted by Crippen LogP contribution is 2.16. The molecule has 0 aromatic carbocycles. The summed E-state index contributed by atoms with van der Waals surface area (Å²) in [4.78, 5) is 11.4. The molecule has 0 aliphatic carbocycles. The summed E-state index contributed by atoms with van der Waals surface area (Å²) in [5.74, 6) is 1.71. The van der Waals surface area contributed by atoms with Gasteiger partial charge in [-0.2, -0.15) is 0 Å². The van der Waals surface area contributed by atoms with E-state index in [-0.39, 0.29) is 0 Å². The van der Waals surface area contributed by atoms with Gasteiger partial charge in [-0.1, -0.05) is 13.8 Å². The van der Waals surface area contributed by atoms with E-state index in [1.54, 1.807) is 0 Å². The van der Waals surface area contributed by atoms with E-state index in [2.05, 4.69) is 29.0 Å². The lowest BCUT2D eigenvalue weighted by molar-refractivity contribution is 0.545. The number of piperidine rings is 1. The highest BCUT2D eigenvalue weighted by atomic mass is 15.2. The Labute approximate surface area is 110 Å². The van der Waals surface area contributed by atoms with E-state index in [1.807, 2.05) is 12.4 Å². The number of nitrogens with zero attached hydrogens (tertiary/aromatic N) is 3. The fourth-order valence-corrected chi connectivity index (χ4v) is 2.24. The molecule has 1 aliphatic heterocycles. The quantitative estimate of drug-likeness (QED) is 0.867. The predicted molar refractivity (Wildman–Crippen MR) is 74.6 cm³/mol. The van der Waals surface area contributed by atoms with Crippen LogP contribution < -0.4 is 10.2 Å². The molecule has 1 fully saturated rings. The molecule has 1 saturated heterocycles. The maximum Gasteiger partial charge on any atom is 0.147 e. The topological polar surface area (TPSA) is 41.1 Å². The monoisotopic (exact) mass is 248 g/mol. The first-order valence-corrected chi connectivity index (χ1v) is 7.02. The molecule has 4 heteroatoms. The number of nitrogens with one attached hydrogen (secondary N) is 1. The van der Waals surface area contributed by atoms with Gasteiger partial charge in [-0.3, -0.25) is 4.98 Å². The second kappa shape index (κ2) is 6.69. The van der Waals surface area contributed by atoms with E-state index in [0.717, 1.165) is 37.7 Å². The van der Waals surface area contributed by atoms with Gasteiger partial charge in [0.25, 0.3) is 0 Å². The van der Waals surface area contributed by atoms with Crippen molar-refractivity contribution in [2.45, 2.75) is 39.7 Å². The van der Waals surface area contributed by atoms with E-state index in [1.165, 1.54) is 19.3 Å². The molecule has 0 saturated carbocycles. The summed E-state index contributed by atoms with van der Waals surface area (Å²) in [5, 5.41) is 3.41. The van der Waals surface area contributed by atoms with Gasteiger partial charge in [0.15, 0.2) is 0 Å². The average molecular weight is 248 g/mol. The van der Waals surface area contributed by atoms with E-state index >= 15 is 0 Å². The summed E-state index contributed by atoms with van der Waals surface area (Å²) in [5.41, 5.74) is 1.04. The van der Waals surface area contributed by atoms with Crippen molar-refractivity contribution in [1.29, 1.82) is 0 Å². The molecule has 0 radical (unpaired) electrons. The van der Waals surface area contributed by atoms with Crippen molar-refractivity contribution >= 4 is 5.82 Å². The van der Waals surface area contributed by atoms with Crippen LogP contribution in [0.2, 0.25) is 0 Å². The summed E-state index contributed by atoms with van der Waals surface area (Å²) in [6, 6.07) is 0. The molecule has 4 nitrogen and oxygen atoms in total. The van der Waals surface area contributed by atoms with Crippen LogP contribution in [-0.4, -0.2) is 29.6 Å². The first-order chi connectivity index (χ1) is 8.75. The number of hydrogen-bond acceptors (Lipinski definition) is 4. The van der Waals surface area contributed by atoms with Gasteiger partial charge in [0.1, 0.15) is 5.82 Å². The zero-order valence-corrected chi connectivity index (χ0v) is 11.5. The van der Waals surface area contributed by atoms with Crippen LogP contribution in [0.25, 0.3) is 0 Å². The van der Waals surface area contributed by atoms with Crippen molar-refractivity contribution in [3.05, 3.63) is 18.1 Å². The average Bonchev–Trinajstić information content (AvgIpc) is 2.40. The summed E-state index contributed by atoms with van der Waals surface area (Å²) in [6.45, 7) is 8.50. The summed E-state index contributed by atoms with van der Waals surface area (Å²) >= 11 is 0. The first-order valence-electron chi connectivity index (χ1n) is 7.02. The molecular weight excluding hydrogens is 224 g/mol. The zero-order chi connectivity index (χ0) is 12.8. The Balaban J connectivity index is 1.91. The number of anilines is 1. The van der Waals surface area contributed by atoms with Crippen LogP contribution >= 0.6 is 0 Å². The third-order valence-electron chi connectivity index (χ3n) is 3.21. The normalized spacial score (nSPS) is 16.3. The Morgan fingerprint density at radius 3 is 2.72 bits per heavy atom. The highest BCUT2D eigenvalue weighted by molar-refractivity contribution is 5.36. The van der Waals surface area contributed by atoms with Gasteiger partial charge < -0.3 is 10.2 Å². The van der Waals surface area contributed by atoms with Gasteiger partial charge in [-0.05, 0) is 31.7 Å². The first kappa shape index (κ1) is 13.3. The summed E-state index contributed by atoms with van der Waals surface area (Å²) in [6.07, 6.45) is 7.65. The zero-order valence-electron chi connectivity index (χ0n) is 11.5. The molecule has 100 valence electrons. The lowest BCUT2D eigenvalue weighted by Gasteiger charge is -2.27. The van der Waals surface area contributed by atoms with Crippen LogP contribution in [0.5, 0.6) is 0 Å². The fourth-order valence-electron chi connectivity index (χ4n) is 2.24. The predicted octanol–water partition coefficient (Wildman–Crippen LogP) is 2.21. The minimum atomic E-state index is 0.670. The van der Waals surface area contributed by atoms with Gasteiger partial charge in [-0.15, -0.1) is 0 Å². The third-order valence-corrected chi connectivity index (χ3v) is 3.21. The summed E-state index contributed by atoms with van der Waals surface area (Å²) < 4.78 is 0. The van der Waals surface area contributed by atoms with Crippen molar-refractivity contribution in [3.8, 4) is 0 Å². The van der Waals surface area contributed by atoms with E-state index in [4.69, 9.17) is 4.98 Å². The van der Waals surface area contributed by atoms with E-state index in [9.17, 15) is 0 Å². The summed E-state index contributed by atoms with van der Waals surface area (Å²) in [7, 11) is 0. The van der Waals surface area contributed by atoms with E-state index < -0.39 is 0 Å². The minimum Gasteiger partial charge on any atom is -0.355 e. The van der Waals surface area contributed by atoms with Crippen LogP contribution in [0.4, 0.5) is 5.82 Å². The largest absolute Gasteiger partial charge is 0.355 e. The molecule has 0 atom stereocenters. The van der Waals surface area contributed by atoms with Crippen LogP contribution in [0.1, 0.15) is 38.8 Å². The Bertz CT molecular complexity index is 359. The highest BCUT2D eigenvalue weighted by Gasteiger charge is 2.12. The van der Waals surface area contributed by atoms with Crippen molar-refractivity contribution in [2.75, 3.05) is 24.5 Å². The van der Waals surface area contributed by atoms with Crippen LogP contribution in [0.3, 0.4) is 0 Å². The molecule has 1 aliphatic rings. The van der Waals surface area contributed by atoms with Crippen molar-refractivity contribution in [3.63, 3.8) is 0 Å². The van der Waals surface area contributed by atoms with Gasteiger partial charge in [0, 0.05) is 25.8 Å². The molecule has 18 heavy (non-hydrogen) atoms. The van der Waals surface area contributed by atoms with Crippen LogP contribution in [0.15, 0.2) is 12.4 Å². The van der Waals surface area contributed by atoms with Crippen molar-refractivity contribution < 1.29 is 0 Å². The maximum absolute atomic E-state index is 4.69. The third kappa shape index (κ3) is 3.95. The van der Waals surface area contributed by atoms with E-state index in [0.29, 0.717) is 5.92 Å². The number of rotatable bonds is 5. The SMILES string of the molecule is CC(C)CNCc1cncc(N2CCCCC2)n1. The molecule has 2 heterocycles. The molecule has 2 rings (SSSR count). The van der Waals surface area contributed by atoms with Crippen LogP contribution in [0, 0.1) is 5.92 Å². The number of hydrogen-bond donors (Lipinski definition) is 1. The number of aromatic nitrogens is 2. The molecule has 0 spiro atoms. The molecule has 0 bridgehead atoms. The second-order valence-corrected chi connectivity index (χ2v) is 5.44. The Morgan fingerprint density at radius 2 is 2.00 bits per heavy atom. The molecular formula is C14H24N4. The van der Waals surface area contributed by atoms with Gasteiger partial charge in [0.2, 0.25) is 0 Å². The maximum atomic E-state index is 4.69. The molecule has 1 aromatic rings. The Kier molecular flexibility index (Phi) is 4.93. The lowest BCUT2D eigenvalue weighted by atomic mass is 10.1. The van der Waals surface area contributed by atoms with Crippen LogP contribution in [-0.2, 0) is 6.54 Å². The lowest BCUT2D eigenvalue weighted by Crippen LogP contribution is -2.30. The van der Waals surface area contributed by atoms with Crippen molar-refractivity contribution in [2.24, 2.45) is 5.92 Å². The smallest absolute Gasteiger partial charge is 0.147 e. The van der Waals surface area contributed by atoms with Gasteiger partial charge in [-0.25, -0.2) is 4.98 Å². The standard InChI is InChI=1S/C14H24N4/c1-12(2)8-15-9-13-10-16-11-14(17-13)18-6-4-3-5-7-18/h10-12,15H,3-9H2,1-2H3. The fraction of sp³-hybridized carbons (Fsp3) is 0.714. The van der Waals surface area contributed by atoms with Crippen molar-refractivity contribution in [1.82, 2.24) is 15.3 Å². The molecule has 1 aromatic heterocycles. The minimum absolute atomic E-state index is 0.670. The van der Waals surface area contributed by atoms with Gasteiger partial charge in [0.05, 0.1) is 11.9 Å². The second-order valence-electron chi connectivity index (χ2n) is 5.44. The molecule has 0 amide bonds.